The molecule has 2 N–H and O–H groups in total. The van der Waals surface area contributed by atoms with Gasteiger partial charge >= 0.3 is 0 Å². The van der Waals surface area contributed by atoms with E-state index in [1.54, 1.807) is 36.7 Å². The van der Waals surface area contributed by atoms with Crippen molar-refractivity contribution in [2.45, 2.75) is 13.5 Å². The Labute approximate surface area is 138 Å². The molecule has 0 atom stereocenters. The Morgan fingerprint density at radius 1 is 1.00 bits per heavy atom. The maximum atomic E-state index is 12.3. The zero-order valence-corrected chi connectivity index (χ0v) is 13.1. The molecule has 0 bridgehead atoms. The van der Waals surface area contributed by atoms with Gasteiger partial charge in [0.05, 0.1) is 11.0 Å². The van der Waals surface area contributed by atoms with E-state index in [4.69, 9.17) is 0 Å². The van der Waals surface area contributed by atoms with Crippen LogP contribution in [0.2, 0.25) is 0 Å². The molecule has 2 amide bonds. The molecule has 6 heteroatoms. The van der Waals surface area contributed by atoms with Gasteiger partial charge in [-0.2, -0.15) is 0 Å². The minimum Gasteiger partial charge on any atom is -0.348 e. The average molecular weight is 320 g/mol. The molecule has 1 heterocycles. The van der Waals surface area contributed by atoms with E-state index in [-0.39, 0.29) is 11.8 Å². The molecule has 0 fully saturated rings. The minimum absolute atomic E-state index is 0.176. The first kappa shape index (κ1) is 15.6. The monoisotopic (exact) mass is 320 g/mol. The molecule has 3 rings (SSSR count). The van der Waals surface area contributed by atoms with Gasteiger partial charge in [-0.15, -0.1) is 0 Å². The van der Waals surface area contributed by atoms with Gasteiger partial charge in [0, 0.05) is 37.1 Å². The van der Waals surface area contributed by atoms with Crippen LogP contribution < -0.4 is 10.6 Å². The van der Waals surface area contributed by atoms with Gasteiger partial charge in [-0.25, -0.2) is 0 Å². The summed E-state index contributed by atoms with van der Waals surface area (Å²) in [6.45, 7) is 1.81. The minimum atomic E-state index is -0.207. The fourth-order valence-corrected chi connectivity index (χ4v) is 2.34. The number of nitrogens with zero attached hydrogens (tertiary/aromatic N) is 2. The molecule has 3 aromatic rings. The van der Waals surface area contributed by atoms with E-state index in [0.29, 0.717) is 17.8 Å². The number of rotatable bonds is 4. The van der Waals surface area contributed by atoms with Crippen LogP contribution in [0, 0.1) is 0 Å². The predicted octanol–water partition coefficient (Wildman–Crippen LogP) is 2.52. The van der Waals surface area contributed by atoms with Gasteiger partial charge < -0.3 is 10.6 Å². The molecule has 6 nitrogen and oxygen atoms in total. The van der Waals surface area contributed by atoms with Crippen molar-refractivity contribution in [2.24, 2.45) is 0 Å². The first-order valence-electron chi connectivity index (χ1n) is 7.47. The number of amides is 2. The second-order valence-electron chi connectivity index (χ2n) is 5.32. The van der Waals surface area contributed by atoms with Crippen molar-refractivity contribution >= 4 is 28.5 Å². The first-order chi connectivity index (χ1) is 11.6. The van der Waals surface area contributed by atoms with Crippen LogP contribution in [0.3, 0.4) is 0 Å². The fraction of sp³-hybridized carbons (Fsp3) is 0.111. The van der Waals surface area contributed by atoms with E-state index in [1.807, 2.05) is 18.2 Å². The normalized spacial score (nSPS) is 10.4. The average Bonchev–Trinajstić information content (AvgIpc) is 2.59. The number of aromatic nitrogens is 2. The predicted molar refractivity (Wildman–Crippen MR) is 91.5 cm³/mol. The largest absolute Gasteiger partial charge is 0.348 e. The van der Waals surface area contributed by atoms with Gasteiger partial charge in [-0.1, -0.05) is 12.1 Å². The number of benzene rings is 2. The third-order valence-electron chi connectivity index (χ3n) is 3.43. The molecule has 0 radical (unpaired) electrons. The Balaban J connectivity index is 1.69. The van der Waals surface area contributed by atoms with Crippen LogP contribution in [0.5, 0.6) is 0 Å². The maximum Gasteiger partial charge on any atom is 0.251 e. The standard InChI is InChI=1S/C18H16N4O2/c1-12(23)22-15-4-2-3-14(10-15)18(24)21-11-13-5-6-16-17(9-13)20-8-7-19-16/h2-10H,11H2,1H3,(H,21,24)(H,22,23). The van der Waals surface area contributed by atoms with Crippen LogP contribution in [0.1, 0.15) is 22.8 Å². The lowest BCUT2D eigenvalue weighted by Gasteiger charge is -2.08. The summed E-state index contributed by atoms with van der Waals surface area (Å²) in [7, 11) is 0. The smallest absolute Gasteiger partial charge is 0.251 e. The maximum absolute atomic E-state index is 12.3. The van der Waals surface area contributed by atoms with E-state index < -0.39 is 0 Å². The summed E-state index contributed by atoms with van der Waals surface area (Å²) in [6, 6.07) is 12.5. The lowest BCUT2D eigenvalue weighted by atomic mass is 10.1. The van der Waals surface area contributed by atoms with Crippen LogP contribution in [0.15, 0.2) is 54.9 Å². The number of carbonyl (C=O) groups excluding carboxylic acids is 2. The summed E-state index contributed by atoms with van der Waals surface area (Å²) >= 11 is 0. The van der Waals surface area contributed by atoms with Gasteiger partial charge in [0.1, 0.15) is 0 Å². The van der Waals surface area contributed by atoms with Crippen LogP contribution in [-0.4, -0.2) is 21.8 Å². The zero-order valence-electron chi connectivity index (χ0n) is 13.1. The number of anilines is 1. The Morgan fingerprint density at radius 2 is 1.79 bits per heavy atom. The molecule has 0 spiro atoms. The summed E-state index contributed by atoms with van der Waals surface area (Å²) in [6.07, 6.45) is 3.28. The molecule has 0 saturated carbocycles. The van der Waals surface area contributed by atoms with Crippen molar-refractivity contribution in [1.82, 2.24) is 15.3 Å². The van der Waals surface area contributed by atoms with E-state index in [1.165, 1.54) is 6.92 Å². The number of hydrogen-bond donors (Lipinski definition) is 2. The zero-order chi connectivity index (χ0) is 16.9. The third-order valence-corrected chi connectivity index (χ3v) is 3.43. The van der Waals surface area contributed by atoms with Crippen molar-refractivity contribution in [1.29, 1.82) is 0 Å². The van der Waals surface area contributed by atoms with Gasteiger partial charge in [0.25, 0.3) is 5.91 Å². The van der Waals surface area contributed by atoms with Crippen LogP contribution in [-0.2, 0) is 11.3 Å². The second kappa shape index (κ2) is 6.87. The van der Waals surface area contributed by atoms with Crippen LogP contribution >= 0.6 is 0 Å². The molecule has 0 aliphatic carbocycles. The molecule has 2 aromatic carbocycles. The van der Waals surface area contributed by atoms with Crippen molar-refractivity contribution in [3.63, 3.8) is 0 Å². The molecule has 0 aliphatic heterocycles. The quantitative estimate of drug-likeness (QED) is 0.773. The van der Waals surface area contributed by atoms with E-state index >= 15 is 0 Å². The SMILES string of the molecule is CC(=O)Nc1cccc(C(=O)NCc2ccc3nccnc3c2)c1. The molecular weight excluding hydrogens is 304 g/mol. The van der Waals surface area contributed by atoms with Crippen molar-refractivity contribution in [2.75, 3.05) is 5.32 Å². The van der Waals surface area contributed by atoms with E-state index in [2.05, 4.69) is 20.6 Å². The number of nitrogens with one attached hydrogen (secondary N) is 2. The Kier molecular flexibility index (Phi) is 4.47. The second-order valence-corrected chi connectivity index (χ2v) is 5.32. The summed E-state index contributed by atoms with van der Waals surface area (Å²) in [5, 5.41) is 5.52. The van der Waals surface area contributed by atoms with Crippen molar-refractivity contribution in [3.8, 4) is 0 Å². The number of hydrogen-bond acceptors (Lipinski definition) is 4. The highest BCUT2D eigenvalue weighted by atomic mass is 16.2. The highest BCUT2D eigenvalue weighted by Gasteiger charge is 2.07. The van der Waals surface area contributed by atoms with Crippen LogP contribution in [0.25, 0.3) is 11.0 Å². The molecular formula is C18H16N4O2. The van der Waals surface area contributed by atoms with Gasteiger partial charge in [-0.05, 0) is 35.9 Å². The number of carbonyl (C=O) groups is 2. The van der Waals surface area contributed by atoms with Crippen molar-refractivity contribution in [3.05, 3.63) is 66.0 Å². The fourth-order valence-electron chi connectivity index (χ4n) is 2.34. The summed E-state index contributed by atoms with van der Waals surface area (Å²) in [5.74, 6) is -0.383. The molecule has 0 aliphatic rings. The molecule has 24 heavy (non-hydrogen) atoms. The van der Waals surface area contributed by atoms with Crippen LogP contribution in [0.4, 0.5) is 5.69 Å². The highest BCUT2D eigenvalue weighted by Crippen LogP contribution is 2.12. The van der Waals surface area contributed by atoms with E-state index in [0.717, 1.165) is 16.6 Å². The lowest BCUT2D eigenvalue weighted by molar-refractivity contribution is -0.114. The molecule has 120 valence electrons. The summed E-state index contributed by atoms with van der Waals surface area (Å²) < 4.78 is 0. The van der Waals surface area contributed by atoms with E-state index in [9.17, 15) is 9.59 Å². The Morgan fingerprint density at radius 3 is 2.58 bits per heavy atom. The Hall–Kier alpha value is -3.28. The Bertz CT molecular complexity index is 908. The third kappa shape index (κ3) is 3.73. The van der Waals surface area contributed by atoms with Gasteiger partial charge in [-0.3, -0.25) is 19.6 Å². The first-order valence-corrected chi connectivity index (χ1v) is 7.47. The highest BCUT2D eigenvalue weighted by molar-refractivity contribution is 5.96. The molecule has 0 saturated heterocycles. The summed E-state index contributed by atoms with van der Waals surface area (Å²) in [4.78, 5) is 31.8. The number of fused-ring (bicyclic) bond motifs is 1. The molecule has 0 unspecified atom stereocenters. The van der Waals surface area contributed by atoms with Crippen molar-refractivity contribution < 1.29 is 9.59 Å². The molecule has 1 aromatic heterocycles. The van der Waals surface area contributed by atoms with Gasteiger partial charge in [0.15, 0.2) is 0 Å². The summed E-state index contributed by atoms with van der Waals surface area (Å²) in [5.41, 5.74) is 3.62. The van der Waals surface area contributed by atoms with Gasteiger partial charge in [0.2, 0.25) is 5.91 Å². The lowest BCUT2D eigenvalue weighted by Crippen LogP contribution is -2.23. The topological polar surface area (TPSA) is 84.0 Å².